The van der Waals surface area contributed by atoms with E-state index < -0.39 is 0 Å². The van der Waals surface area contributed by atoms with E-state index in [1.807, 2.05) is 56.8 Å². The van der Waals surface area contributed by atoms with Crippen LogP contribution in [0, 0.1) is 6.92 Å². The summed E-state index contributed by atoms with van der Waals surface area (Å²) in [6, 6.07) is 9.64. The lowest BCUT2D eigenvalue weighted by molar-refractivity contribution is 0.112. The third kappa shape index (κ3) is 4.31. The van der Waals surface area contributed by atoms with Crippen molar-refractivity contribution in [2.75, 3.05) is 0 Å². The lowest BCUT2D eigenvalue weighted by Gasteiger charge is -2.27. The second-order valence-electron chi connectivity index (χ2n) is 6.07. The van der Waals surface area contributed by atoms with Crippen LogP contribution in [0.1, 0.15) is 60.6 Å². The van der Waals surface area contributed by atoms with Crippen molar-refractivity contribution in [1.29, 1.82) is 0 Å². The molecular weight excluding hydrogens is 346 g/mol. The Labute approximate surface area is 160 Å². The van der Waals surface area contributed by atoms with Gasteiger partial charge in [0.15, 0.2) is 6.29 Å². The van der Waals surface area contributed by atoms with Crippen LogP contribution in [0.15, 0.2) is 36.5 Å². The molecule has 26 heavy (non-hydrogen) atoms. The lowest BCUT2D eigenvalue weighted by atomic mass is 9.78. The van der Waals surface area contributed by atoms with Crippen LogP contribution in [0.3, 0.4) is 0 Å². The van der Waals surface area contributed by atoms with Gasteiger partial charge in [-0.3, -0.25) is 14.5 Å². The highest BCUT2D eigenvalue weighted by Gasteiger charge is 2.22. The highest BCUT2D eigenvalue weighted by Crippen LogP contribution is 2.38. The van der Waals surface area contributed by atoms with Gasteiger partial charge in [-0.25, -0.2) is 0 Å². The minimum atomic E-state index is 0.568. The van der Waals surface area contributed by atoms with Crippen LogP contribution < -0.4 is 0 Å². The fraction of sp³-hybridized carbons (Fsp3) is 0.381. The second kappa shape index (κ2) is 9.48. The SMILES string of the molecule is CC.Cc1nn(C)c2cccnc12.O=Cc1c(Cl)cccc1C1CCC1. The maximum absolute atomic E-state index is 10.8. The Morgan fingerprint density at radius 2 is 1.92 bits per heavy atom. The number of rotatable bonds is 2. The normalized spacial score (nSPS) is 13.1. The molecule has 1 aliphatic carbocycles. The molecule has 0 unspecified atom stereocenters. The summed E-state index contributed by atoms with van der Waals surface area (Å²) >= 11 is 5.92. The van der Waals surface area contributed by atoms with Gasteiger partial charge in [-0.15, -0.1) is 0 Å². The number of nitrogens with zero attached hydrogens (tertiary/aromatic N) is 3. The molecule has 0 bridgehead atoms. The summed E-state index contributed by atoms with van der Waals surface area (Å²) in [5.41, 5.74) is 4.89. The first-order valence-corrected chi connectivity index (χ1v) is 9.47. The smallest absolute Gasteiger partial charge is 0.151 e. The number of benzene rings is 1. The summed E-state index contributed by atoms with van der Waals surface area (Å²) in [6.07, 6.45) is 6.32. The van der Waals surface area contributed by atoms with Crippen LogP contribution >= 0.6 is 11.6 Å². The number of aromatic nitrogens is 3. The topological polar surface area (TPSA) is 47.8 Å². The van der Waals surface area contributed by atoms with E-state index in [0.717, 1.165) is 28.6 Å². The number of hydrogen-bond acceptors (Lipinski definition) is 3. The third-order valence-corrected chi connectivity index (χ3v) is 4.86. The second-order valence-corrected chi connectivity index (χ2v) is 6.48. The number of pyridine rings is 1. The van der Waals surface area contributed by atoms with E-state index >= 15 is 0 Å². The summed E-state index contributed by atoms with van der Waals surface area (Å²) in [4.78, 5) is 15.0. The van der Waals surface area contributed by atoms with Gasteiger partial charge in [0.1, 0.15) is 5.52 Å². The van der Waals surface area contributed by atoms with E-state index in [2.05, 4.69) is 10.1 Å². The van der Waals surface area contributed by atoms with Crippen molar-refractivity contribution < 1.29 is 4.79 Å². The van der Waals surface area contributed by atoms with Gasteiger partial charge in [-0.1, -0.05) is 44.0 Å². The minimum absolute atomic E-state index is 0.568. The van der Waals surface area contributed by atoms with Crippen molar-refractivity contribution >= 4 is 28.9 Å². The monoisotopic (exact) mass is 371 g/mol. The number of halogens is 1. The van der Waals surface area contributed by atoms with Gasteiger partial charge >= 0.3 is 0 Å². The van der Waals surface area contributed by atoms with Gasteiger partial charge < -0.3 is 0 Å². The summed E-state index contributed by atoms with van der Waals surface area (Å²) in [5, 5.41) is 4.83. The summed E-state index contributed by atoms with van der Waals surface area (Å²) in [7, 11) is 1.93. The molecule has 5 heteroatoms. The van der Waals surface area contributed by atoms with Gasteiger partial charge in [0.05, 0.1) is 16.2 Å². The maximum Gasteiger partial charge on any atom is 0.151 e. The van der Waals surface area contributed by atoms with Crippen LogP contribution in [-0.2, 0) is 7.05 Å². The van der Waals surface area contributed by atoms with E-state index in [1.54, 1.807) is 12.3 Å². The highest BCUT2D eigenvalue weighted by atomic mass is 35.5. The molecule has 138 valence electrons. The molecule has 2 heterocycles. The van der Waals surface area contributed by atoms with Gasteiger partial charge in [0.2, 0.25) is 0 Å². The summed E-state index contributed by atoms with van der Waals surface area (Å²) < 4.78 is 1.84. The maximum atomic E-state index is 10.8. The Morgan fingerprint density at radius 3 is 2.50 bits per heavy atom. The first kappa shape index (κ1) is 20.1. The molecule has 4 nitrogen and oxygen atoms in total. The fourth-order valence-electron chi connectivity index (χ4n) is 3.02. The zero-order valence-electron chi connectivity index (χ0n) is 15.9. The standard InChI is InChI=1S/C11H11ClO.C8H9N3.C2H6/c12-11-6-2-5-9(10(11)7-13)8-3-1-4-8;1-6-8-7(11(2)10-6)4-3-5-9-8;1-2/h2,5-8H,1,3-4H2;3-5H,1-2H3;1-2H3. The number of carbonyl (C=O) groups excluding carboxylic acids is 1. The molecule has 0 atom stereocenters. The molecular formula is C21H26ClN3O. The van der Waals surface area contributed by atoms with Crippen molar-refractivity contribution in [2.24, 2.45) is 7.05 Å². The molecule has 2 aromatic heterocycles. The van der Waals surface area contributed by atoms with Crippen LogP contribution in [0.4, 0.5) is 0 Å². The molecule has 1 aromatic carbocycles. The Hall–Kier alpha value is -2.20. The number of carbonyl (C=O) groups is 1. The number of fused-ring (bicyclic) bond motifs is 1. The van der Waals surface area contributed by atoms with E-state index in [0.29, 0.717) is 16.5 Å². The lowest BCUT2D eigenvalue weighted by Crippen LogP contribution is -2.11. The quantitative estimate of drug-likeness (QED) is 0.541. The van der Waals surface area contributed by atoms with E-state index in [1.165, 1.54) is 19.3 Å². The molecule has 1 aliphatic rings. The predicted octanol–water partition coefficient (Wildman–Crippen LogP) is 5.72. The van der Waals surface area contributed by atoms with Crippen LogP contribution in [0.25, 0.3) is 11.0 Å². The predicted molar refractivity (Wildman–Crippen MR) is 108 cm³/mol. The largest absolute Gasteiger partial charge is 0.298 e. The molecule has 0 saturated heterocycles. The number of hydrogen-bond donors (Lipinski definition) is 0. The van der Waals surface area contributed by atoms with Gasteiger partial charge in [0, 0.05) is 18.8 Å². The molecule has 1 saturated carbocycles. The van der Waals surface area contributed by atoms with Crippen molar-refractivity contribution in [3.63, 3.8) is 0 Å². The van der Waals surface area contributed by atoms with Gasteiger partial charge in [-0.2, -0.15) is 5.10 Å². The van der Waals surface area contributed by atoms with Crippen LogP contribution in [0.5, 0.6) is 0 Å². The Kier molecular flexibility index (Phi) is 7.34. The van der Waals surface area contributed by atoms with Crippen LogP contribution in [0.2, 0.25) is 5.02 Å². The van der Waals surface area contributed by atoms with Gasteiger partial charge in [0.25, 0.3) is 0 Å². The first-order valence-electron chi connectivity index (χ1n) is 9.09. The van der Waals surface area contributed by atoms with Crippen molar-refractivity contribution in [2.45, 2.75) is 46.0 Å². The Balaban J connectivity index is 0.000000173. The van der Waals surface area contributed by atoms with Crippen LogP contribution in [-0.4, -0.2) is 21.1 Å². The minimum Gasteiger partial charge on any atom is -0.298 e. The molecule has 0 aliphatic heterocycles. The van der Waals surface area contributed by atoms with E-state index in [-0.39, 0.29) is 0 Å². The first-order chi connectivity index (χ1) is 12.6. The average Bonchev–Trinajstić information content (AvgIpc) is 2.91. The summed E-state index contributed by atoms with van der Waals surface area (Å²) in [6.45, 7) is 5.97. The fourth-order valence-corrected chi connectivity index (χ4v) is 3.24. The van der Waals surface area contributed by atoms with E-state index in [9.17, 15) is 4.79 Å². The Bertz CT molecular complexity index is 833. The molecule has 0 N–H and O–H groups in total. The third-order valence-electron chi connectivity index (χ3n) is 4.53. The number of aldehydes is 1. The molecule has 0 spiro atoms. The van der Waals surface area contributed by atoms with Crippen molar-refractivity contribution in [1.82, 2.24) is 14.8 Å². The van der Waals surface area contributed by atoms with E-state index in [4.69, 9.17) is 11.6 Å². The molecule has 1 fully saturated rings. The zero-order chi connectivity index (χ0) is 19.1. The molecule has 0 radical (unpaired) electrons. The van der Waals surface area contributed by atoms with Crippen molar-refractivity contribution in [3.8, 4) is 0 Å². The Morgan fingerprint density at radius 1 is 1.19 bits per heavy atom. The molecule has 0 amide bonds. The van der Waals surface area contributed by atoms with Gasteiger partial charge in [-0.05, 0) is 49.4 Å². The number of aryl methyl sites for hydroxylation is 2. The average molecular weight is 372 g/mol. The highest BCUT2D eigenvalue weighted by molar-refractivity contribution is 6.33. The molecule has 3 aromatic rings. The van der Waals surface area contributed by atoms with Crippen molar-refractivity contribution in [3.05, 3.63) is 58.4 Å². The zero-order valence-corrected chi connectivity index (χ0v) is 16.6. The summed E-state index contributed by atoms with van der Waals surface area (Å²) in [5.74, 6) is 0.568. The molecule has 4 rings (SSSR count).